The van der Waals surface area contributed by atoms with Crippen molar-refractivity contribution >= 4 is 45.1 Å². The van der Waals surface area contributed by atoms with Gasteiger partial charge in [0.05, 0.1) is 17.3 Å². The van der Waals surface area contributed by atoms with Gasteiger partial charge in [0.1, 0.15) is 17.0 Å². The summed E-state index contributed by atoms with van der Waals surface area (Å²) in [5.41, 5.74) is 5.10. The Bertz CT molecular complexity index is 1800. The molecule has 0 unspecified atom stereocenters. The summed E-state index contributed by atoms with van der Waals surface area (Å²) in [5, 5.41) is 14.3. The Hall–Kier alpha value is -4.51. The van der Waals surface area contributed by atoms with Crippen LogP contribution in [0.1, 0.15) is 25.7 Å². The number of carbonyl (C=O) groups excluding carboxylic acids is 1. The minimum atomic E-state index is -0.508. The molecule has 1 saturated carbocycles. The fraction of sp³-hybridized carbons (Fsp3) is 0.185. The van der Waals surface area contributed by atoms with Crippen LogP contribution in [0.4, 0.5) is 10.1 Å². The maximum Gasteiger partial charge on any atom is 0.227 e. The molecule has 6 aromatic rings. The lowest BCUT2D eigenvalue weighted by molar-refractivity contribution is -0.119. The maximum atomic E-state index is 16.1. The number of H-pyrrole nitrogens is 2. The van der Waals surface area contributed by atoms with Crippen LogP contribution in [0.25, 0.3) is 56.0 Å². The lowest BCUT2D eigenvalue weighted by Crippen LogP contribution is -2.20. The van der Waals surface area contributed by atoms with Crippen molar-refractivity contribution in [3.05, 3.63) is 59.6 Å². The Morgan fingerprint density at radius 1 is 1.05 bits per heavy atom. The monoisotopic (exact) mass is 524 g/mol. The molecule has 6 aromatic heterocycles. The quantitative estimate of drug-likeness (QED) is 0.256. The van der Waals surface area contributed by atoms with Crippen molar-refractivity contribution in [1.29, 1.82) is 0 Å². The molecule has 1 fully saturated rings. The van der Waals surface area contributed by atoms with Crippen molar-refractivity contribution in [2.45, 2.75) is 25.7 Å². The molecule has 0 aromatic carbocycles. The first-order valence-electron chi connectivity index (χ1n) is 12.3. The minimum absolute atomic E-state index is 0.0143. The first-order valence-corrected chi connectivity index (χ1v) is 13.3. The summed E-state index contributed by atoms with van der Waals surface area (Å²) in [6.07, 6.45) is 10.2. The molecule has 0 saturated heterocycles. The number of fused-ring (bicyclic) bond motifs is 2. The number of halogens is 1. The summed E-state index contributed by atoms with van der Waals surface area (Å²) in [6.45, 7) is 0. The van der Waals surface area contributed by atoms with Crippen molar-refractivity contribution in [2.75, 3.05) is 5.32 Å². The Kier molecular flexibility index (Phi) is 5.43. The largest absolute Gasteiger partial charge is 0.324 e. The third-order valence-electron chi connectivity index (χ3n) is 7.01. The zero-order chi connectivity index (χ0) is 25.6. The summed E-state index contributed by atoms with van der Waals surface area (Å²) in [6, 6.07) is 5.64. The average molecular weight is 525 g/mol. The van der Waals surface area contributed by atoms with Crippen LogP contribution < -0.4 is 5.32 Å². The highest BCUT2D eigenvalue weighted by Gasteiger charge is 2.24. The van der Waals surface area contributed by atoms with E-state index in [0.29, 0.717) is 39.6 Å². The van der Waals surface area contributed by atoms with Crippen molar-refractivity contribution in [3.63, 3.8) is 0 Å². The van der Waals surface area contributed by atoms with E-state index in [9.17, 15) is 4.79 Å². The molecule has 1 amide bonds. The molecule has 11 heteroatoms. The summed E-state index contributed by atoms with van der Waals surface area (Å²) in [4.78, 5) is 33.6. The lowest BCUT2D eigenvalue weighted by Gasteiger charge is -2.11. The second-order valence-electron chi connectivity index (χ2n) is 9.37. The molecule has 1 aliphatic carbocycles. The van der Waals surface area contributed by atoms with Crippen LogP contribution in [0.15, 0.2) is 53.7 Å². The zero-order valence-electron chi connectivity index (χ0n) is 20.0. The van der Waals surface area contributed by atoms with Gasteiger partial charge in [-0.05, 0) is 47.4 Å². The number of amides is 1. The number of pyridine rings is 3. The van der Waals surface area contributed by atoms with E-state index < -0.39 is 5.82 Å². The van der Waals surface area contributed by atoms with Crippen molar-refractivity contribution in [1.82, 2.24) is 35.1 Å². The third-order valence-corrected chi connectivity index (χ3v) is 7.69. The molecular weight excluding hydrogens is 503 g/mol. The molecule has 38 heavy (non-hydrogen) atoms. The van der Waals surface area contributed by atoms with Crippen LogP contribution in [0.5, 0.6) is 0 Å². The van der Waals surface area contributed by atoms with Gasteiger partial charge in [0.15, 0.2) is 17.1 Å². The van der Waals surface area contributed by atoms with Gasteiger partial charge < -0.3 is 10.3 Å². The summed E-state index contributed by atoms with van der Waals surface area (Å²) in [5.74, 6) is -0.130. The number of imidazole rings is 1. The number of hydrogen-bond acceptors (Lipinski definition) is 7. The van der Waals surface area contributed by atoms with Crippen LogP contribution in [-0.4, -0.2) is 41.0 Å². The van der Waals surface area contributed by atoms with Crippen LogP contribution >= 0.6 is 11.3 Å². The predicted octanol–water partition coefficient (Wildman–Crippen LogP) is 5.95. The van der Waals surface area contributed by atoms with Crippen LogP contribution in [0.2, 0.25) is 0 Å². The van der Waals surface area contributed by atoms with Gasteiger partial charge in [0.2, 0.25) is 5.91 Å². The van der Waals surface area contributed by atoms with Gasteiger partial charge in [-0.25, -0.2) is 19.3 Å². The first kappa shape index (κ1) is 22.7. The number of anilines is 1. The van der Waals surface area contributed by atoms with Gasteiger partial charge in [-0.3, -0.25) is 14.9 Å². The molecular formula is C27H21FN8OS. The van der Waals surface area contributed by atoms with E-state index in [1.165, 1.54) is 6.20 Å². The van der Waals surface area contributed by atoms with Gasteiger partial charge in [-0.15, -0.1) is 0 Å². The summed E-state index contributed by atoms with van der Waals surface area (Å²) in [7, 11) is 0. The van der Waals surface area contributed by atoms with E-state index >= 15 is 4.39 Å². The Morgan fingerprint density at radius 3 is 2.79 bits per heavy atom. The second kappa shape index (κ2) is 9.10. The Labute approximate surface area is 219 Å². The third kappa shape index (κ3) is 3.82. The van der Waals surface area contributed by atoms with E-state index in [1.54, 1.807) is 36.0 Å². The van der Waals surface area contributed by atoms with Crippen LogP contribution in [-0.2, 0) is 4.79 Å². The van der Waals surface area contributed by atoms with E-state index in [4.69, 9.17) is 4.98 Å². The molecule has 0 atom stereocenters. The van der Waals surface area contributed by atoms with E-state index in [0.717, 1.165) is 36.8 Å². The Balaban J connectivity index is 1.28. The molecule has 9 nitrogen and oxygen atoms in total. The van der Waals surface area contributed by atoms with Crippen LogP contribution in [0, 0.1) is 11.7 Å². The molecule has 3 N–H and O–H groups in total. The highest BCUT2D eigenvalue weighted by atomic mass is 32.1. The van der Waals surface area contributed by atoms with Gasteiger partial charge in [0, 0.05) is 41.2 Å². The highest BCUT2D eigenvalue weighted by Crippen LogP contribution is 2.35. The number of aromatic nitrogens is 7. The van der Waals surface area contributed by atoms with Crippen molar-refractivity contribution in [3.8, 4) is 33.8 Å². The number of aromatic amines is 2. The normalized spacial score (nSPS) is 14.0. The van der Waals surface area contributed by atoms with Crippen molar-refractivity contribution in [2.24, 2.45) is 5.92 Å². The highest BCUT2D eigenvalue weighted by molar-refractivity contribution is 7.08. The summed E-state index contributed by atoms with van der Waals surface area (Å²) < 4.78 is 16.1. The molecule has 0 aliphatic heterocycles. The number of nitrogens with one attached hydrogen (secondary N) is 3. The number of thiophene rings is 1. The Morgan fingerprint density at radius 2 is 1.95 bits per heavy atom. The molecule has 1 aliphatic rings. The van der Waals surface area contributed by atoms with E-state index in [2.05, 4.69) is 35.5 Å². The molecule has 0 radical (unpaired) electrons. The predicted molar refractivity (Wildman–Crippen MR) is 144 cm³/mol. The van der Waals surface area contributed by atoms with Crippen LogP contribution in [0.3, 0.4) is 0 Å². The van der Waals surface area contributed by atoms with Gasteiger partial charge in [-0.1, -0.05) is 12.8 Å². The van der Waals surface area contributed by atoms with Gasteiger partial charge >= 0.3 is 0 Å². The van der Waals surface area contributed by atoms with E-state index in [-0.39, 0.29) is 22.8 Å². The molecule has 6 heterocycles. The second-order valence-corrected chi connectivity index (χ2v) is 10.1. The maximum absolute atomic E-state index is 16.1. The molecule has 0 bridgehead atoms. The molecule has 188 valence electrons. The minimum Gasteiger partial charge on any atom is -0.324 e. The standard InChI is InChI=1S/C27H21FN8OS/c28-21-19(16-9-17(11-29-10-16)32-27(37)14-3-1-2-4-14)12-31-24-20(21)23(35-36-24)26-33-22-18(15-6-8-38-13-15)5-7-30-25(22)34-26/h5-14H,1-4H2,(H,32,37)(H,30,33,34)(H,31,35,36). The molecule has 0 spiro atoms. The molecule has 7 rings (SSSR count). The zero-order valence-corrected chi connectivity index (χ0v) is 20.8. The fourth-order valence-corrected chi connectivity index (χ4v) is 5.74. The lowest BCUT2D eigenvalue weighted by atomic mass is 10.1. The van der Waals surface area contributed by atoms with Crippen molar-refractivity contribution < 1.29 is 9.18 Å². The topological polar surface area (TPSA) is 125 Å². The summed E-state index contributed by atoms with van der Waals surface area (Å²) >= 11 is 1.60. The smallest absolute Gasteiger partial charge is 0.227 e. The number of hydrogen-bond donors (Lipinski definition) is 3. The van der Waals surface area contributed by atoms with Gasteiger partial charge in [-0.2, -0.15) is 16.4 Å². The first-order chi connectivity index (χ1) is 18.7. The average Bonchev–Trinajstić information content (AvgIpc) is 3.74. The number of nitrogens with zero attached hydrogens (tertiary/aromatic N) is 5. The fourth-order valence-electron chi connectivity index (χ4n) is 5.09. The SMILES string of the molecule is O=C(Nc1cncc(-c2cnc3[nH]nc(-c4nc5c(-c6ccsc6)ccnc5[nH]4)c3c2F)c1)C1CCCC1. The van der Waals surface area contributed by atoms with E-state index in [1.807, 2.05) is 22.9 Å². The number of rotatable bonds is 5. The number of carbonyl (C=O) groups is 1. The van der Waals surface area contributed by atoms with Gasteiger partial charge in [0.25, 0.3) is 0 Å².